The summed E-state index contributed by atoms with van der Waals surface area (Å²) in [5.74, 6) is -0.177. The maximum absolute atomic E-state index is 12.9. The van der Waals surface area contributed by atoms with E-state index in [1.54, 1.807) is 6.26 Å². The van der Waals surface area contributed by atoms with E-state index in [2.05, 4.69) is 15.5 Å². The standard InChI is InChI=1S/C17H19N5O2/c1-10-15-16(21-20-10)12-7-11(13-8-24-9-19-13)3-4-14(12)22(17(15)23)6-2-5-18/h3-4,7-10,15,20H,2,5-6,18H2,1H3. The third-order valence-corrected chi connectivity index (χ3v) is 4.59. The quantitative estimate of drug-likeness (QED) is 0.884. The summed E-state index contributed by atoms with van der Waals surface area (Å²) >= 11 is 0. The highest BCUT2D eigenvalue weighted by Gasteiger charge is 2.43. The lowest BCUT2D eigenvalue weighted by Gasteiger charge is -2.34. The molecule has 24 heavy (non-hydrogen) atoms. The third-order valence-electron chi connectivity index (χ3n) is 4.59. The Morgan fingerprint density at radius 1 is 1.42 bits per heavy atom. The molecule has 0 radical (unpaired) electrons. The number of amides is 1. The molecule has 0 saturated heterocycles. The van der Waals surface area contributed by atoms with Crippen LogP contribution in [0.15, 0.2) is 40.4 Å². The Morgan fingerprint density at radius 3 is 3.04 bits per heavy atom. The average molecular weight is 325 g/mol. The highest BCUT2D eigenvalue weighted by Crippen LogP contribution is 2.37. The fourth-order valence-corrected chi connectivity index (χ4v) is 3.37. The molecule has 1 amide bonds. The first-order valence-electron chi connectivity index (χ1n) is 8.08. The summed E-state index contributed by atoms with van der Waals surface area (Å²) < 4.78 is 5.08. The van der Waals surface area contributed by atoms with Crippen LogP contribution in [0.25, 0.3) is 11.3 Å². The first-order chi connectivity index (χ1) is 11.7. The van der Waals surface area contributed by atoms with Crippen molar-refractivity contribution in [3.8, 4) is 11.3 Å². The van der Waals surface area contributed by atoms with Crippen LogP contribution in [-0.4, -0.2) is 35.7 Å². The van der Waals surface area contributed by atoms with Crippen LogP contribution in [0.4, 0.5) is 5.69 Å². The number of aromatic nitrogens is 1. The Kier molecular flexibility index (Phi) is 3.57. The van der Waals surface area contributed by atoms with E-state index in [9.17, 15) is 4.79 Å². The van der Waals surface area contributed by atoms with E-state index in [1.165, 1.54) is 6.39 Å². The molecule has 7 heteroatoms. The number of oxazole rings is 1. The number of hydrazone groups is 1. The zero-order valence-corrected chi connectivity index (χ0v) is 13.4. The second-order valence-corrected chi connectivity index (χ2v) is 6.13. The molecule has 0 saturated carbocycles. The summed E-state index contributed by atoms with van der Waals surface area (Å²) in [5, 5.41) is 4.42. The molecular formula is C17H19N5O2. The topological polar surface area (TPSA) is 96.8 Å². The van der Waals surface area contributed by atoms with E-state index >= 15 is 0 Å². The maximum Gasteiger partial charge on any atom is 0.238 e. The molecule has 2 unspecified atom stereocenters. The number of carbonyl (C=O) groups excluding carboxylic acids is 1. The summed E-state index contributed by atoms with van der Waals surface area (Å²) in [7, 11) is 0. The Hall–Kier alpha value is -2.67. The van der Waals surface area contributed by atoms with Gasteiger partial charge in [0.15, 0.2) is 6.39 Å². The SMILES string of the molecule is CC1NN=C2c3cc(-c4cocn4)ccc3N(CCCN)C(=O)C21. The van der Waals surface area contributed by atoms with Crippen LogP contribution in [0.5, 0.6) is 0 Å². The van der Waals surface area contributed by atoms with E-state index in [1.807, 2.05) is 30.0 Å². The summed E-state index contributed by atoms with van der Waals surface area (Å²) in [6, 6.07) is 5.92. The summed E-state index contributed by atoms with van der Waals surface area (Å²) in [4.78, 5) is 19.0. The van der Waals surface area contributed by atoms with Gasteiger partial charge in [-0.1, -0.05) is 6.07 Å². The normalized spacial score (nSPS) is 22.0. The van der Waals surface area contributed by atoms with Crippen LogP contribution in [0, 0.1) is 5.92 Å². The molecule has 124 valence electrons. The molecule has 1 aromatic carbocycles. The lowest BCUT2D eigenvalue weighted by molar-refractivity contribution is -0.121. The van der Waals surface area contributed by atoms with Crippen LogP contribution in [0.1, 0.15) is 18.9 Å². The number of nitrogens with one attached hydrogen (secondary N) is 1. The molecule has 2 aliphatic heterocycles. The minimum Gasteiger partial charge on any atom is -0.451 e. The van der Waals surface area contributed by atoms with Crippen molar-refractivity contribution in [2.24, 2.45) is 16.8 Å². The number of benzene rings is 1. The van der Waals surface area contributed by atoms with Gasteiger partial charge in [0, 0.05) is 17.7 Å². The number of fused-ring (bicyclic) bond motifs is 3. The van der Waals surface area contributed by atoms with Gasteiger partial charge in [-0.25, -0.2) is 4.98 Å². The van der Waals surface area contributed by atoms with Crippen LogP contribution in [-0.2, 0) is 4.79 Å². The molecule has 3 heterocycles. The van der Waals surface area contributed by atoms with Crippen molar-refractivity contribution in [3.63, 3.8) is 0 Å². The molecule has 0 bridgehead atoms. The van der Waals surface area contributed by atoms with Crippen molar-refractivity contribution in [3.05, 3.63) is 36.4 Å². The van der Waals surface area contributed by atoms with Gasteiger partial charge in [-0.3, -0.25) is 4.79 Å². The summed E-state index contributed by atoms with van der Waals surface area (Å²) in [5.41, 5.74) is 13.0. The highest BCUT2D eigenvalue weighted by molar-refractivity contribution is 6.25. The van der Waals surface area contributed by atoms with Crippen molar-refractivity contribution in [1.82, 2.24) is 10.4 Å². The minimum absolute atomic E-state index is 0.0169. The van der Waals surface area contributed by atoms with Crippen molar-refractivity contribution < 1.29 is 9.21 Å². The molecule has 2 atom stereocenters. The molecule has 2 aromatic rings. The van der Waals surface area contributed by atoms with Gasteiger partial charge in [0.1, 0.15) is 17.9 Å². The number of hydrogen-bond donors (Lipinski definition) is 2. The highest BCUT2D eigenvalue weighted by atomic mass is 16.3. The Labute approximate surface area is 139 Å². The molecule has 1 aromatic heterocycles. The van der Waals surface area contributed by atoms with Crippen molar-refractivity contribution in [2.45, 2.75) is 19.4 Å². The first-order valence-corrected chi connectivity index (χ1v) is 8.08. The molecular weight excluding hydrogens is 306 g/mol. The Bertz CT molecular complexity index is 799. The molecule has 4 rings (SSSR count). The van der Waals surface area contributed by atoms with Crippen molar-refractivity contribution in [2.75, 3.05) is 18.0 Å². The fourth-order valence-electron chi connectivity index (χ4n) is 3.37. The van der Waals surface area contributed by atoms with Gasteiger partial charge < -0.3 is 20.5 Å². The first kappa shape index (κ1) is 14.9. The lowest BCUT2D eigenvalue weighted by atomic mass is 9.85. The summed E-state index contributed by atoms with van der Waals surface area (Å²) in [6.07, 6.45) is 3.78. The zero-order chi connectivity index (χ0) is 16.7. The van der Waals surface area contributed by atoms with E-state index in [4.69, 9.17) is 10.2 Å². The molecule has 0 spiro atoms. The van der Waals surface area contributed by atoms with Gasteiger partial charge in [0.25, 0.3) is 0 Å². The van der Waals surface area contributed by atoms with Gasteiger partial charge in [0.05, 0.1) is 17.4 Å². The molecule has 0 aliphatic carbocycles. The maximum atomic E-state index is 12.9. The zero-order valence-electron chi connectivity index (χ0n) is 13.4. The van der Waals surface area contributed by atoms with E-state index in [0.717, 1.165) is 34.6 Å². The largest absolute Gasteiger partial charge is 0.451 e. The minimum atomic E-state index is -0.261. The van der Waals surface area contributed by atoms with E-state index in [0.29, 0.717) is 13.1 Å². The van der Waals surface area contributed by atoms with Gasteiger partial charge in [-0.05, 0) is 32.0 Å². The monoisotopic (exact) mass is 325 g/mol. The number of carbonyl (C=O) groups is 1. The average Bonchev–Trinajstić information content (AvgIpc) is 3.24. The smallest absolute Gasteiger partial charge is 0.238 e. The second kappa shape index (κ2) is 5.76. The molecule has 3 N–H and O–H groups in total. The predicted molar refractivity (Wildman–Crippen MR) is 90.6 cm³/mol. The lowest BCUT2D eigenvalue weighted by Crippen LogP contribution is -2.48. The Balaban J connectivity index is 1.83. The van der Waals surface area contributed by atoms with Crippen LogP contribution < -0.4 is 16.1 Å². The van der Waals surface area contributed by atoms with E-state index < -0.39 is 0 Å². The fraction of sp³-hybridized carbons (Fsp3) is 0.353. The number of anilines is 1. The van der Waals surface area contributed by atoms with Crippen LogP contribution in [0.3, 0.4) is 0 Å². The summed E-state index contributed by atoms with van der Waals surface area (Å²) in [6.45, 7) is 3.14. The second-order valence-electron chi connectivity index (χ2n) is 6.13. The van der Waals surface area contributed by atoms with Gasteiger partial charge in [-0.2, -0.15) is 5.10 Å². The molecule has 0 fully saturated rings. The predicted octanol–water partition coefficient (Wildman–Crippen LogP) is 1.35. The third kappa shape index (κ3) is 2.20. The molecule has 7 nitrogen and oxygen atoms in total. The van der Waals surface area contributed by atoms with Gasteiger partial charge in [0.2, 0.25) is 5.91 Å². The van der Waals surface area contributed by atoms with Crippen molar-refractivity contribution in [1.29, 1.82) is 0 Å². The van der Waals surface area contributed by atoms with Crippen molar-refractivity contribution >= 4 is 17.3 Å². The Morgan fingerprint density at radius 2 is 2.29 bits per heavy atom. The number of rotatable bonds is 4. The van der Waals surface area contributed by atoms with Gasteiger partial charge >= 0.3 is 0 Å². The van der Waals surface area contributed by atoms with Gasteiger partial charge in [-0.15, -0.1) is 0 Å². The number of nitrogens with zero attached hydrogens (tertiary/aromatic N) is 3. The van der Waals surface area contributed by atoms with Crippen LogP contribution in [0.2, 0.25) is 0 Å². The van der Waals surface area contributed by atoms with Crippen LogP contribution >= 0.6 is 0 Å². The number of hydrogen-bond acceptors (Lipinski definition) is 6. The number of nitrogens with two attached hydrogens (primary N) is 1. The van der Waals surface area contributed by atoms with E-state index in [-0.39, 0.29) is 17.9 Å². The molecule has 2 aliphatic rings.